The van der Waals surface area contributed by atoms with Crippen LogP contribution in [0.15, 0.2) is 0 Å². The van der Waals surface area contributed by atoms with Crippen molar-refractivity contribution >= 4 is 21.7 Å². The Morgan fingerprint density at radius 3 is 2.61 bits per heavy atom. The van der Waals surface area contributed by atoms with E-state index in [1.54, 1.807) is 0 Å². The number of hydrogen-bond acceptors (Lipinski definition) is 5. The SMILES string of the molecule is COC(CNC(=O)CC1CCS(=O)(=O)C1)C(=O)O. The van der Waals surface area contributed by atoms with Crippen molar-refractivity contribution in [3.05, 3.63) is 0 Å². The lowest BCUT2D eigenvalue weighted by Crippen LogP contribution is -2.38. The van der Waals surface area contributed by atoms with Crippen LogP contribution in [0.2, 0.25) is 0 Å². The number of rotatable bonds is 6. The topological polar surface area (TPSA) is 110 Å². The molecule has 1 saturated heterocycles. The number of aliphatic carboxylic acids is 1. The molecule has 0 saturated carbocycles. The van der Waals surface area contributed by atoms with Gasteiger partial charge < -0.3 is 15.2 Å². The molecule has 7 nitrogen and oxygen atoms in total. The van der Waals surface area contributed by atoms with Gasteiger partial charge >= 0.3 is 5.97 Å². The Balaban J connectivity index is 2.32. The zero-order valence-corrected chi connectivity index (χ0v) is 10.9. The summed E-state index contributed by atoms with van der Waals surface area (Å²) in [7, 11) is -1.74. The van der Waals surface area contributed by atoms with Gasteiger partial charge in [0.05, 0.1) is 18.1 Å². The highest BCUT2D eigenvalue weighted by Crippen LogP contribution is 2.21. The fourth-order valence-corrected chi connectivity index (χ4v) is 3.71. The van der Waals surface area contributed by atoms with Crippen LogP contribution in [0.1, 0.15) is 12.8 Å². The van der Waals surface area contributed by atoms with Crippen LogP contribution in [-0.2, 0) is 24.2 Å². The molecule has 1 aliphatic rings. The number of carboxylic acid groups (broad SMARTS) is 1. The van der Waals surface area contributed by atoms with Crippen molar-refractivity contribution in [2.24, 2.45) is 5.92 Å². The molecule has 0 aromatic heterocycles. The molecule has 1 aliphatic heterocycles. The predicted molar refractivity (Wildman–Crippen MR) is 62.8 cm³/mol. The van der Waals surface area contributed by atoms with Crippen molar-refractivity contribution in [3.8, 4) is 0 Å². The minimum atomic E-state index is -2.99. The second-order valence-electron chi connectivity index (χ2n) is 4.34. The van der Waals surface area contributed by atoms with Crippen LogP contribution in [0.3, 0.4) is 0 Å². The first kappa shape index (κ1) is 14.9. The Bertz CT molecular complexity index is 418. The van der Waals surface area contributed by atoms with Crippen LogP contribution >= 0.6 is 0 Å². The lowest BCUT2D eigenvalue weighted by Gasteiger charge is -2.12. The van der Waals surface area contributed by atoms with Crippen LogP contribution in [0.4, 0.5) is 0 Å². The molecular weight excluding hydrogens is 262 g/mol. The number of methoxy groups -OCH3 is 1. The molecule has 0 spiro atoms. The van der Waals surface area contributed by atoms with E-state index in [1.807, 2.05) is 0 Å². The van der Waals surface area contributed by atoms with E-state index in [2.05, 4.69) is 10.1 Å². The number of amides is 1. The maximum Gasteiger partial charge on any atom is 0.334 e. The average Bonchev–Trinajstić information content (AvgIpc) is 2.58. The van der Waals surface area contributed by atoms with Gasteiger partial charge in [-0.25, -0.2) is 13.2 Å². The molecule has 0 aromatic rings. The summed E-state index contributed by atoms with van der Waals surface area (Å²) >= 11 is 0. The third-order valence-electron chi connectivity index (χ3n) is 2.85. The van der Waals surface area contributed by atoms with Gasteiger partial charge in [0.25, 0.3) is 0 Å². The molecule has 1 amide bonds. The first-order valence-corrected chi connectivity index (χ1v) is 7.39. The van der Waals surface area contributed by atoms with Crippen molar-refractivity contribution in [3.63, 3.8) is 0 Å². The number of carbonyl (C=O) groups is 2. The van der Waals surface area contributed by atoms with Crippen LogP contribution in [-0.4, -0.2) is 56.7 Å². The van der Waals surface area contributed by atoms with E-state index in [1.165, 1.54) is 7.11 Å². The number of carbonyl (C=O) groups excluding carboxylic acids is 1. The first-order valence-electron chi connectivity index (χ1n) is 5.57. The number of nitrogens with one attached hydrogen (secondary N) is 1. The van der Waals surface area contributed by atoms with Gasteiger partial charge in [0, 0.05) is 13.5 Å². The number of hydrogen-bond donors (Lipinski definition) is 2. The van der Waals surface area contributed by atoms with Gasteiger partial charge in [-0.05, 0) is 12.3 Å². The Morgan fingerprint density at radius 2 is 2.17 bits per heavy atom. The van der Waals surface area contributed by atoms with E-state index in [4.69, 9.17) is 5.11 Å². The number of sulfone groups is 1. The lowest BCUT2D eigenvalue weighted by atomic mass is 10.1. The van der Waals surface area contributed by atoms with Crippen LogP contribution in [0.25, 0.3) is 0 Å². The van der Waals surface area contributed by atoms with E-state index in [0.717, 1.165) is 0 Å². The van der Waals surface area contributed by atoms with Crippen molar-refractivity contribution in [2.75, 3.05) is 25.2 Å². The first-order chi connectivity index (χ1) is 8.34. The molecule has 1 heterocycles. The average molecular weight is 279 g/mol. The maximum absolute atomic E-state index is 11.5. The molecule has 18 heavy (non-hydrogen) atoms. The molecule has 0 radical (unpaired) electrons. The normalized spacial score (nSPS) is 23.5. The maximum atomic E-state index is 11.5. The molecule has 0 bridgehead atoms. The van der Waals surface area contributed by atoms with E-state index in [0.29, 0.717) is 6.42 Å². The molecule has 2 atom stereocenters. The largest absolute Gasteiger partial charge is 0.479 e. The van der Waals surface area contributed by atoms with Gasteiger partial charge in [-0.2, -0.15) is 0 Å². The zero-order valence-electron chi connectivity index (χ0n) is 10.1. The Hall–Kier alpha value is -1.15. The van der Waals surface area contributed by atoms with Gasteiger partial charge in [-0.3, -0.25) is 4.79 Å². The van der Waals surface area contributed by atoms with E-state index < -0.39 is 21.9 Å². The Morgan fingerprint density at radius 1 is 1.50 bits per heavy atom. The monoisotopic (exact) mass is 279 g/mol. The van der Waals surface area contributed by atoms with Gasteiger partial charge in [0.2, 0.25) is 5.91 Å². The Labute approximate surface area is 105 Å². The summed E-state index contributed by atoms with van der Waals surface area (Å²) in [5.41, 5.74) is 0. The minimum absolute atomic E-state index is 0.0348. The number of ether oxygens (including phenoxy) is 1. The lowest BCUT2D eigenvalue weighted by molar-refractivity contribution is -0.148. The molecule has 0 aromatic carbocycles. The number of carboxylic acids is 1. The third-order valence-corrected chi connectivity index (χ3v) is 4.68. The minimum Gasteiger partial charge on any atom is -0.479 e. The highest BCUT2D eigenvalue weighted by Gasteiger charge is 2.29. The van der Waals surface area contributed by atoms with Crippen molar-refractivity contribution < 1.29 is 27.9 Å². The van der Waals surface area contributed by atoms with Gasteiger partial charge in [-0.1, -0.05) is 0 Å². The van der Waals surface area contributed by atoms with E-state index in [9.17, 15) is 18.0 Å². The molecule has 104 valence electrons. The molecule has 0 aliphatic carbocycles. The third kappa shape index (κ3) is 4.61. The second-order valence-corrected chi connectivity index (χ2v) is 6.57. The molecular formula is C10H17NO6S. The molecule has 2 N–H and O–H groups in total. The fourth-order valence-electron chi connectivity index (χ4n) is 1.85. The predicted octanol–water partition coefficient (Wildman–Crippen LogP) is -0.973. The molecule has 1 rings (SSSR count). The molecule has 2 unspecified atom stereocenters. The van der Waals surface area contributed by atoms with Crippen molar-refractivity contribution in [2.45, 2.75) is 18.9 Å². The van der Waals surface area contributed by atoms with Gasteiger partial charge in [0.15, 0.2) is 15.9 Å². The fraction of sp³-hybridized carbons (Fsp3) is 0.800. The van der Waals surface area contributed by atoms with Crippen molar-refractivity contribution in [1.82, 2.24) is 5.32 Å². The summed E-state index contributed by atoms with van der Waals surface area (Å²) in [6.45, 7) is -0.121. The Kier molecular flexibility index (Phi) is 5.09. The van der Waals surface area contributed by atoms with Crippen molar-refractivity contribution in [1.29, 1.82) is 0 Å². The summed E-state index contributed by atoms with van der Waals surface area (Å²) in [6, 6.07) is 0. The summed E-state index contributed by atoms with van der Waals surface area (Å²) in [6.07, 6.45) is -0.487. The van der Waals surface area contributed by atoms with E-state index in [-0.39, 0.29) is 36.3 Å². The highest BCUT2D eigenvalue weighted by molar-refractivity contribution is 7.91. The van der Waals surface area contributed by atoms with Crippen LogP contribution in [0.5, 0.6) is 0 Å². The van der Waals surface area contributed by atoms with Gasteiger partial charge in [-0.15, -0.1) is 0 Å². The zero-order chi connectivity index (χ0) is 13.8. The van der Waals surface area contributed by atoms with Crippen LogP contribution in [0, 0.1) is 5.92 Å². The summed E-state index contributed by atoms with van der Waals surface area (Å²) < 4.78 is 27.0. The molecule has 1 fully saturated rings. The second kappa shape index (κ2) is 6.14. The summed E-state index contributed by atoms with van der Waals surface area (Å²) in [5, 5.41) is 11.1. The summed E-state index contributed by atoms with van der Waals surface area (Å²) in [4.78, 5) is 22.1. The van der Waals surface area contributed by atoms with Gasteiger partial charge in [0.1, 0.15) is 0 Å². The quantitative estimate of drug-likeness (QED) is 0.647. The van der Waals surface area contributed by atoms with Crippen LogP contribution < -0.4 is 5.32 Å². The molecule has 8 heteroatoms. The van der Waals surface area contributed by atoms with E-state index >= 15 is 0 Å². The summed E-state index contributed by atoms with van der Waals surface area (Å²) in [5.74, 6) is -1.50. The smallest absolute Gasteiger partial charge is 0.334 e. The standard InChI is InChI=1S/C10H17NO6S/c1-17-8(10(13)14)5-11-9(12)4-7-2-3-18(15,16)6-7/h7-8H,2-6H2,1H3,(H,11,12)(H,13,14). The highest BCUT2D eigenvalue weighted by atomic mass is 32.2.